The van der Waals surface area contributed by atoms with E-state index < -0.39 is 0 Å². The topological polar surface area (TPSA) is 33.7 Å². The quantitative estimate of drug-likeness (QED) is 0.840. The highest BCUT2D eigenvalue weighted by Gasteiger charge is 2.46. The van der Waals surface area contributed by atoms with Gasteiger partial charge in [-0.2, -0.15) is 0 Å². The molecular formula is C20H36N2O2. The Morgan fingerprint density at radius 3 is 2.33 bits per heavy atom. The molecule has 2 aliphatic heterocycles. The van der Waals surface area contributed by atoms with Crippen molar-refractivity contribution in [3.63, 3.8) is 0 Å². The molecule has 2 aliphatic carbocycles. The molecule has 0 aromatic heterocycles. The van der Waals surface area contributed by atoms with Crippen LogP contribution in [0.2, 0.25) is 0 Å². The Labute approximate surface area is 147 Å². The van der Waals surface area contributed by atoms with E-state index in [1.807, 2.05) is 0 Å². The van der Waals surface area contributed by atoms with Crippen LogP contribution in [0.15, 0.2) is 0 Å². The maximum absolute atomic E-state index is 6.07. The zero-order chi connectivity index (χ0) is 16.7. The molecule has 4 aliphatic rings. The molecule has 4 fully saturated rings. The molecular weight excluding hydrogens is 300 g/mol. The molecule has 0 spiro atoms. The number of ether oxygens (including phenoxy) is 2. The van der Waals surface area contributed by atoms with Gasteiger partial charge >= 0.3 is 0 Å². The van der Waals surface area contributed by atoms with E-state index in [1.165, 1.54) is 45.1 Å². The van der Waals surface area contributed by atoms with Crippen LogP contribution in [0.1, 0.15) is 52.4 Å². The van der Waals surface area contributed by atoms with Crippen LogP contribution in [0.4, 0.5) is 0 Å². The number of fused-ring (bicyclic) bond motifs is 2. The van der Waals surface area contributed by atoms with Crippen LogP contribution in [0.3, 0.4) is 0 Å². The first kappa shape index (κ1) is 17.3. The fraction of sp³-hybridized carbons (Fsp3) is 1.00. The first-order chi connectivity index (χ1) is 11.5. The van der Waals surface area contributed by atoms with Crippen molar-refractivity contribution < 1.29 is 9.47 Å². The Kier molecular flexibility index (Phi) is 4.94. The average Bonchev–Trinajstić information content (AvgIpc) is 2.60. The SMILES string of the molecule is CN1COC2CCC(C(C)(C)C3CC[C@H]4OCNCC4C3)C[C@@H]2C1. The molecule has 4 nitrogen and oxygen atoms in total. The van der Waals surface area contributed by atoms with Gasteiger partial charge in [-0.05, 0) is 74.7 Å². The van der Waals surface area contributed by atoms with Gasteiger partial charge in [0.05, 0.1) is 25.7 Å². The second kappa shape index (κ2) is 6.86. The minimum atomic E-state index is 0.448. The lowest BCUT2D eigenvalue weighted by molar-refractivity contribution is -0.132. The van der Waals surface area contributed by atoms with Crippen LogP contribution in [0, 0.1) is 29.1 Å². The summed E-state index contributed by atoms with van der Waals surface area (Å²) < 4.78 is 12.0. The molecule has 0 aromatic rings. The fourth-order valence-electron chi connectivity index (χ4n) is 6.09. The Morgan fingerprint density at radius 1 is 0.917 bits per heavy atom. The number of hydrogen-bond acceptors (Lipinski definition) is 4. The van der Waals surface area contributed by atoms with Gasteiger partial charge in [0.2, 0.25) is 0 Å². The van der Waals surface area contributed by atoms with E-state index in [-0.39, 0.29) is 0 Å². The Morgan fingerprint density at radius 2 is 1.58 bits per heavy atom. The van der Waals surface area contributed by atoms with Gasteiger partial charge in [0, 0.05) is 13.1 Å². The second-order valence-electron chi connectivity index (χ2n) is 9.54. The average molecular weight is 337 g/mol. The summed E-state index contributed by atoms with van der Waals surface area (Å²) in [4.78, 5) is 2.35. The number of rotatable bonds is 2. The maximum Gasteiger partial charge on any atom is 0.0991 e. The van der Waals surface area contributed by atoms with Crippen LogP contribution in [-0.4, -0.2) is 50.7 Å². The lowest BCUT2D eigenvalue weighted by Crippen LogP contribution is -2.51. The predicted octanol–water partition coefficient (Wildman–Crippen LogP) is 3.08. The third-order valence-corrected chi connectivity index (χ3v) is 7.79. The molecule has 24 heavy (non-hydrogen) atoms. The predicted molar refractivity (Wildman–Crippen MR) is 95.6 cm³/mol. The molecule has 1 N–H and O–H groups in total. The lowest BCUT2D eigenvalue weighted by atomic mass is 9.57. The highest BCUT2D eigenvalue weighted by Crippen LogP contribution is 2.51. The van der Waals surface area contributed by atoms with Crippen LogP contribution >= 0.6 is 0 Å². The van der Waals surface area contributed by atoms with E-state index in [0.29, 0.717) is 17.6 Å². The molecule has 0 radical (unpaired) electrons. The maximum atomic E-state index is 6.07. The molecule has 2 saturated heterocycles. The minimum absolute atomic E-state index is 0.448. The number of nitrogens with zero attached hydrogens (tertiary/aromatic N) is 1. The van der Waals surface area contributed by atoms with Gasteiger partial charge in [-0.3, -0.25) is 10.2 Å². The summed E-state index contributed by atoms with van der Waals surface area (Å²) in [5, 5.41) is 3.43. The molecule has 0 bridgehead atoms. The van der Waals surface area contributed by atoms with Crippen molar-refractivity contribution in [2.45, 2.75) is 64.6 Å². The van der Waals surface area contributed by atoms with Gasteiger partial charge in [0.1, 0.15) is 0 Å². The summed E-state index contributed by atoms with van der Waals surface area (Å²) in [5.74, 6) is 3.19. The molecule has 4 heteroatoms. The van der Waals surface area contributed by atoms with Gasteiger partial charge < -0.3 is 9.47 Å². The van der Waals surface area contributed by atoms with Crippen molar-refractivity contribution >= 4 is 0 Å². The van der Waals surface area contributed by atoms with E-state index in [9.17, 15) is 0 Å². The van der Waals surface area contributed by atoms with Crippen LogP contribution < -0.4 is 5.32 Å². The van der Waals surface area contributed by atoms with Crippen LogP contribution in [0.25, 0.3) is 0 Å². The first-order valence-electron chi connectivity index (χ1n) is 10.2. The van der Waals surface area contributed by atoms with Gasteiger partial charge in [-0.15, -0.1) is 0 Å². The molecule has 2 heterocycles. The highest BCUT2D eigenvalue weighted by atomic mass is 16.5. The summed E-state index contributed by atoms with van der Waals surface area (Å²) in [6.07, 6.45) is 9.02. The van der Waals surface area contributed by atoms with E-state index in [0.717, 1.165) is 43.7 Å². The monoisotopic (exact) mass is 336 g/mol. The van der Waals surface area contributed by atoms with Crippen molar-refractivity contribution in [2.24, 2.45) is 29.1 Å². The zero-order valence-electron chi connectivity index (χ0n) is 15.8. The summed E-state index contributed by atoms with van der Waals surface area (Å²) >= 11 is 0. The van der Waals surface area contributed by atoms with Gasteiger partial charge in [0.25, 0.3) is 0 Å². The first-order valence-corrected chi connectivity index (χ1v) is 10.2. The number of hydrogen-bond donors (Lipinski definition) is 1. The van der Waals surface area contributed by atoms with Crippen molar-refractivity contribution in [1.82, 2.24) is 10.2 Å². The Bertz CT molecular complexity index is 441. The smallest absolute Gasteiger partial charge is 0.0991 e. The molecule has 0 amide bonds. The van der Waals surface area contributed by atoms with E-state index >= 15 is 0 Å². The summed E-state index contributed by atoms with van der Waals surface area (Å²) in [6, 6.07) is 0. The second-order valence-corrected chi connectivity index (χ2v) is 9.54. The van der Waals surface area contributed by atoms with Crippen LogP contribution in [-0.2, 0) is 9.47 Å². The molecule has 0 aromatic carbocycles. The van der Waals surface area contributed by atoms with Crippen molar-refractivity contribution in [2.75, 3.05) is 33.6 Å². The third kappa shape index (κ3) is 3.27. The standard InChI is InChI=1S/C20H36N2O2/c1-20(2,16-4-6-18-14(8-16)10-21-12-23-18)17-5-7-19-15(9-17)11-22(3)13-24-19/h14-19,21H,4-13H2,1-3H3/t14?,15-,16?,17?,18-,19?/m1/s1. The highest BCUT2D eigenvalue weighted by molar-refractivity contribution is 4.96. The summed E-state index contributed by atoms with van der Waals surface area (Å²) in [7, 11) is 2.20. The fourth-order valence-corrected chi connectivity index (χ4v) is 6.09. The van der Waals surface area contributed by atoms with Crippen LogP contribution in [0.5, 0.6) is 0 Å². The Balaban J connectivity index is 1.40. The normalized spacial score (nSPS) is 44.6. The summed E-state index contributed by atoms with van der Waals surface area (Å²) in [6.45, 7) is 9.10. The molecule has 4 rings (SSSR count). The number of nitrogens with one attached hydrogen (secondary N) is 1. The zero-order valence-corrected chi connectivity index (χ0v) is 15.8. The molecule has 6 atom stereocenters. The lowest BCUT2D eigenvalue weighted by Gasteiger charge is -2.51. The van der Waals surface area contributed by atoms with E-state index in [1.54, 1.807) is 0 Å². The molecule has 2 saturated carbocycles. The molecule has 138 valence electrons. The van der Waals surface area contributed by atoms with E-state index in [4.69, 9.17) is 9.47 Å². The Hall–Kier alpha value is -0.160. The van der Waals surface area contributed by atoms with Gasteiger partial charge in [-0.1, -0.05) is 13.8 Å². The van der Waals surface area contributed by atoms with E-state index in [2.05, 4.69) is 31.1 Å². The summed E-state index contributed by atoms with van der Waals surface area (Å²) in [5.41, 5.74) is 0.448. The molecule has 4 unspecified atom stereocenters. The third-order valence-electron chi connectivity index (χ3n) is 7.79. The van der Waals surface area contributed by atoms with Crippen molar-refractivity contribution in [3.8, 4) is 0 Å². The largest absolute Gasteiger partial charge is 0.363 e. The van der Waals surface area contributed by atoms with Gasteiger partial charge in [-0.25, -0.2) is 0 Å². The van der Waals surface area contributed by atoms with Crippen molar-refractivity contribution in [3.05, 3.63) is 0 Å². The van der Waals surface area contributed by atoms with Gasteiger partial charge in [0.15, 0.2) is 0 Å². The van der Waals surface area contributed by atoms with Crippen molar-refractivity contribution in [1.29, 1.82) is 0 Å². The minimum Gasteiger partial charge on any atom is -0.363 e.